The maximum absolute atomic E-state index is 5.90. The predicted octanol–water partition coefficient (Wildman–Crippen LogP) is 2.61. The third-order valence-corrected chi connectivity index (χ3v) is 3.78. The van der Waals surface area contributed by atoms with Crippen molar-refractivity contribution in [1.29, 1.82) is 0 Å². The van der Waals surface area contributed by atoms with E-state index in [0.717, 1.165) is 11.5 Å². The summed E-state index contributed by atoms with van der Waals surface area (Å²) < 4.78 is 4.23. The molecule has 1 aliphatic rings. The van der Waals surface area contributed by atoms with Crippen LogP contribution in [0.1, 0.15) is 29.9 Å². The van der Waals surface area contributed by atoms with Gasteiger partial charge in [-0.1, -0.05) is 0 Å². The van der Waals surface area contributed by atoms with E-state index in [1.165, 1.54) is 35.5 Å². The second-order valence-corrected chi connectivity index (χ2v) is 5.07. The zero-order valence-corrected chi connectivity index (χ0v) is 10.2. The van der Waals surface area contributed by atoms with Crippen molar-refractivity contribution in [3.63, 3.8) is 0 Å². The molecule has 2 heterocycles. The summed E-state index contributed by atoms with van der Waals surface area (Å²) in [5.74, 6) is 1.34. The first kappa shape index (κ1) is 10.5. The SMILES string of the molecule is Nc1nsc(NCc2ccncc2)c1C1CC1. The van der Waals surface area contributed by atoms with Crippen molar-refractivity contribution in [3.8, 4) is 0 Å². The van der Waals surface area contributed by atoms with Gasteiger partial charge in [0.05, 0.1) is 0 Å². The summed E-state index contributed by atoms with van der Waals surface area (Å²) in [6.45, 7) is 0.796. The molecule has 5 heteroatoms. The molecule has 2 aromatic rings. The topological polar surface area (TPSA) is 63.8 Å². The van der Waals surface area contributed by atoms with E-state index in [4.69, 9.17) is 5.73 Å². The molecule has 0 bridgehead atoms. The Morgan fingerprint density at radius 3 is 2.82 bits per heavy atom. The van der Waals surface area contributed by atoms with Crippen molar-refractivity contribution >= 4 is 22.4 Å². The Kier molecular flexibility index (Phi) is 2.68. The number of nitrogens with zero attached hydrogens (tertiary/aromatic N) is 2. The fourth-order valence-electron chi connectivity index (χ4n) is 1.89. The highest BCUT2D eigenvalue weighted by Crippen LogP contribution is 2.47. The predicted molar refractivity (Wildman–Crippen MR) is 70.1 cm³/mol. The molecule has 1 fully saturated rings. The maximum atomic E-state index is 5.90. The molecule has 0 aliphatic heterocycles. The van der Waals surface area contributed by atoms with E-state index in [0.29, 0.717) is 11.7 Å². The number of nitrogens with one attached hydrogen (secondary N) is 1. The monoisotopic (exact) mass is 246 g/mol. The van der Waals surface area contributed by atoms with Gasteiger partial charge >= 0.3 is 0 Å². The highest BCUT2D eigenvalue weighted by atomic mass is 32.1. The van der Waals surface area contributed by atoms with Crippen molar-refractivity contribution in [1.82, 2.24) is 9.36 Å². The summed E-state index contributed by atoms with van der Waals surface area (Å²) in [5.41, 5.74) is 8.34. The summed E-state index contributed by atoms with van der Waals surface area (Å²) in [6, 6.07) is 4.02. The van der Waals surface area contributed by atoms with E-state index in [9.17, 15) is 0 Å². The molecule has 2 aromatic heterocycles. The van der Waals surface area contributed by atoms with E-state index >= 15 is 0 Å². The second kappa shape index (κ2) is 4.33. The third kappa shape index (κ3) is 2.24. The smallest absolute Gasteiger partial charge is 0.142 e. The van der Waals surface area contributed by atoms with Gasteiger partial charge in [0.1, 0.15) is 10.8 Å². The van der Waals surface area contributed by atoms with Gasteiger partial charge < -0.3 is 11.1 Å². The summed E-state index contributed by atoms with van der Waals surface area (Å²) >= 11 is 1.46. The first-order valence-electron chi connectivity index (χ1n) is 5.72. The standard InChI is InChI=1S/C12H14N4S/c13-11-10(9-1-2-9)12(17-16-11)15-7-8-3-5-14-6-4-8/h3-6,9,15H,1-2,7H2,(H2,13,16). The van der Waals surface area contributed by atoms with E-state index in [-0.39, 0.29) is 0 Å². The molecular weight excluding hydrogens is 232 g/mol. The molecule has 3 rings (SSSR count). The van der Waals surface area contributed by atoms with Gasteiger partial charge in [-0.25, -0.2) is 0 Å². The Hall–Kier alpha value is -1.62. The van der Waals surface area contributed by atoms with Crippen LogP contribution >= 0.6 is 11.5 Å². The first-order chi connectivity index (χ1) is 8.34. The van der Waals surface area contributed by atoms with E-state index in [2.05, 4.69) is 14.7 Å². The summed E-state index contributed by atoms with van der Waals surface area (Å²) in [5, 5.41) is 4.55. The normalized spacial score (nSPS) is 14.8. The number of anilines is 2. The fourth-order valence-corrected chi connectivity index (χ4v) is 2.68. The largest absolute Gasteiger partial charge is 0.383 e. The van der Waals surface area contributed by atoms with Crippen LogP contribution in [0, 0.1) is 0 Å². The minimum atomic E-state index is 0.633. The molecule has 1 saturated carbocycles. The van der Waals surface area contributed by atoms with Gasteiger partial charge in [-0.2, -0.15) is 4.37 Å². The Morgan fingerprint density at radius 2 is 2.12 bits per heavy atom. The van der Waals surface area contributed by atoms with Crippen LogP contribution in [0.25, 0.3) is 0 Å². The Balaban J connectivity index is 1.73. The molecule has 0 atom stereocenters. The van der Waals surface area contributed by atoms with Crippen molar-refractivity contribution in [2.75, 3.05) is 11.1 Å². The highest BCUT2D eigenvalue weighted by Gasteiger charge is 2.30. The maximum Gasteiger partial charge on any atom is 0.142 e. The van der Waals surface area contributed by atoms with Gasteiger partial charge in [0.2, 0.25) is 0 Å². The third-order valence-electron chi connectivity index (χ3n) is 2.94. The first-order valence-corrected chi connectivity index (χ1v) is 6.50. The number of nitrogen functional groups attached to an aromatic ring is 1. The van der Waals surface area contributed by atoms with Crippen LogP contribution in [0.2, 0.25) is 0 Å². The minimum absolute atomic E-state index is 0.633. The zero-order valence-electron chi connectivity index (χ0n) is 9.39. The number of rotatable bonds is 4. The van der Waals surface area contributed by atoms with Crippen LogP contribution in [0.15, 0.2) is 24.5 Å². The van der Waals surface area contributed by atoms with Gasteiger partial charge in [-0.15, -0.1) is 0 Å². The van der Waals surface area contributed by atoms with Crippen LogP contribution in [-0.4, -0.2) is 9.36 Å². The highest BCUT2D eigenvalue weighted by molar-refractivity contribution is 7.10. The van der Waals surface area contributed by atoms with Gasteiger partial charge in [-0.05, 0) is 48.0 Å². The average Bonchev–Trinajstić information content (AvgIpc) is 3.12. The van der Waals surface area contributed by atoms with Crippen LogP contribution in [-0.2, 0) is 6.54 Å². The molecular formula is C12H14N4S. The van der Waals surface area contributed by atoms with Gasteiger partial charge in [-0.3, -0.25) is 4.98 Å². The van der Waals surface area contributed by atoms with E-state index < -0.39 is 0 Å². The van der Waals surface area contributed by atoms with Gasteiger partial charge in [0, 0.05) is 24.5 Å². The van der Waals surface area contributed by atoms with Crippen molar-refractivity contribution < 1.29 is 0 Å². The lowest BCUT2D eigenvalue weighted by atomic mass is 10.2. The zero-order chi connectivity index (χ0) is 11.7. The van der Waals surface area contributed by atoms with Crippen LogP contribution in [0.4, 0.5) is 10.8 Å². The Bertz CT molecular complexity index is 504. The molecule has 4 nitrogen and oxygen atoms in total. The molecule has 0 radical (unpaired) electrons. The molecule has 3 N–H and O–H groups in total. The number of nitrogens with two attached hydrogens (primary N) is 1. The van der Waals surface area contributed by atoms with Crippen LogP contribution in [0.3, 0.4) is 0 Å². The number of aromatic nitrogens is 2. The van der Waals surface area contributed by atoms with Gasteiger partial charge in [0.25, 0.3) is 0 Å². The van der Waals surface area contributed by atoms with Crippen molar-refractivity contribution in [2.24, 2.45) is 0 Å². The lowest BCUT2D eigenvalue weighted by molar-refractivity contribution is 1.10. The average molecular weight is 246 g/mol. The summed E-state index contributed by atoms with van der Waals surface area (Å²) in [4.78, 5) is 4.00. The molecule has 1 aliphatic carbocycles. The molecule has 0 saturated heterocycles. The molecule has 0 aromatic carbocycles. The summed E-state index contributed by atoms with van der Waals surface area (Å²) in [6.07, 6.45) is 6.10. The minimum Gasteiger partial charge on any atom is -0.383 e. The number of pyridine rings is 1. The van der Waals surface area contributed by atoms with Gasteiger partial charge in [0.15, 0.2) is 0 Å². The molecule has 0 amide bonds. The van der Waals surface area contributed by atoms with Crippen LogP contribution in [0.5, 0.6) is 0 Å². The lowest BCUT2D eigenvalue weighted by Gasteiger charge is -2.06. The molecule has 17 heavy (non-hydrogen) atoms. The van der Waals surface area contributed by atoms with Crippen molar-refractivity contribution in [2.45, 2.75) is 25.3 Å². The molecule has 0 unspecified atom stereocenters. The molecule has 88 valence electrons. The van der Waals surface area contributed by atoms with E-state index in [1.54, 1.807) is 12.4 Å². The number of hydrogen-bond donors (Lipinski definition) is 2. The van der Waals surface area contributed by atoms with Crippen LogP contribution < -0.4 is 11.1 Å². The number of hydrogen-bond acceptors (Lipinski definition) is 5. The molecule has 0 spiro atoms. The Morgan fingerprint density at radius 1 is 1.35 bits per heavy atom. The Labute approximate surface area is 104 Å². The van der Waals surface area contributed by atoms with Crippen molar-refractivity contribution in [3.05, 3.63) is 35.7 Å². The summed E-state index contributed by atoms with van der Waals surface area (Å²) in [7, 11) is 0. The fraction of sp³-hybridized carbons (Fsp3) is 0.333. The lowest BCUT2D eigenvalue weighted by Crippen LogP contribution is -2.00. The second-order valence-electron chi connectivity index (χ2n) is 4.29. The van der Waals surface area contributed by atoms with E-state index in [1.807, 2.05) is 12.1 Å². The quantitative estimate of drug-likeness (QED) is 0.870.